The summed E-state index contributed by atoms with van der Waals surface area (Å²) >= 11 is 0. The van der Waals surface area contributed by atoms with Gasteiger partial charge in [0.25, 0.3) is 5.60 Å². The molecule has 0 amide bonds. The van der Waals surface area contributed by atoms with Crippen molar-refractivity contribution in [3.05, 3.63) is 12.3 Å². The molecule has 0 aromatic heterocycles. The number of aliphatic hydroxyl groups excluding tert-OH is 1. The summed E-state index contributed by atoms with van der Waals surface area (Å²) < 4.78 is 118. The normalized spacial score (nSPS) is 26.2. The molecule has 8 N–H and O–H groups in total. The number of rotatable bonds is 27. The standard InChI is InChI=1S/C15H21F9O2.C14H28O.C14H24.C13H24.C12H26O.C11H24O.C10H22O.C9H20O.C9H20.C5H10O/c1-7(2)8-4-9(11(3,25)13(16,17)18)6-10(5-8)12(26,14(19,20)21)15(22,23)24;1-11(2)13(10-14(3,4)15)12-8-6-5-7-9-12;1-10(2)14-7-11-4-12(8-14)6-13(3,5-11)9-14;1-9(2)11-8-10-6-7-13(11,5)12(10,3)4;1-9(2)10(11(3,4)5)8-12(6,7)13;1-8(2)10(9(3)4)7-11(5,6)12;1-6-9(8(2)3)7-10(4,5)11;1-7(2)8(3)6-9(4,5)10;1-7(2)6-9(5)8(3)4;1-4(2)5(3)6/h7-10,25-26H,4-6H2,1-3H3;11-13,15H,5-10H2,1-4H3;10-12H,4-9H2,1-3H3;9-11H,6-8H2,1-5H3;9-10,13H,8H2,1-7H3;8-10,12H,7H2,1-6H3;8-9,11H,6-7H2,1-5H3;7-8,10H,6H2,1-5H3;7-9H,6H2,1-5H3;4,6H,3H2,1-2H3. The Hall–Kier alpha value is -1.37. The first-order valence-corrected chi connectivity index (χ1v) is 51.9. The molecule has 778 valence electrons. The summed E-state index contributed by atoms with van der Waals surface area (Å²) in [5.41, 5.74) is -8.11. The van der Waals surface area contributed by atoms with Gasteiger partial charge in [-0.1, -0.05) is 281 Å². The van der Waals surface area contributed by atoms with Crippen LogP contribution in [0.1, 0.15) is 466 Å². The van der Waals surface area contributed by atoms with Crippen molar-refractivity contribution in [2.75, 3.05) is 0 Å². The van der Waals surface area contributed by atoms with Crippen LogP contribution in [0.25, 0.3) is 0 Å². The lowest BCUT2D eigenvalue weighted by Gasteiger charge is -2.63. The second-order valence-electron chi connectivity index (χ2n) is 53.1. The maximum atomic E-state index is 13.1. The average Bonchev–Trinajstić information content (AvgIpc) is 1.72. The Kier molecular flexibility index (Phi) is 54.4. The molecule has 6 bridgehead atoms. The first-order valence-electron chi connectivity index (χ1n) is 51.9. The van der Waals surface area contributed by atoms with Crippen LogP contribution in [0.4, 0.5) is 39.5 Å². The highest BCUT2D eigenvalue weighted by atomic mass is 19.4. The molecule has 14 unspecified atom stereocenters. The van der Waals surface area contributed by atoms with E-state index in [2.05, 4.69) is 214 Å². The van der Waals surface area contributed by atoms with Crippen molar-refractivity contribution in [3.8, 4) is 0 Å². The van der Waals surface area contributed by atoms with Crippen molar-refractivity contribution < 1.29 is 80.4 Å². The Morgan fingerprint density at radius 2 is 0.814 bits per heavy atom. The zero-order valence-corrected chi connectivity index (χ0v) is 92.7. The third-order valence-corrected chi connectivity index (χ3v) is 32.6. The summed E-state index contributed by atoms with van der Waals surface area (Å²) in [5.74, 6) is 11.2. The highest BCUT2D eigenvalue weighted by molar-refractivity contribution is 5.11. The van der Waals surface area contributed by atoms with Crippen LogP contribution in [-0.4, -0.2) is 98.6 Å². The van der Waals surface area contributed by atoms with Gasteiger partial charge in [-0.05, 0) is 361 Å². The average molecular weight is 1860 g/mol. The molecule has 129 heavy (non-hydrogen) atoms. The van der Waals surface area contributed by atoms with Gasteiger partial charge in [0.15, 0.2) is 5.60 Å². The lowest BCUT2D eigenvalue weighted by Crippen LogP contribution is -2.64. The number of hydrogen-bond donors (Lipinski definition) is 8. The van der Waals surface area contributed by atoms with Gasteiger partial charge in [0, 0.05) is 11.8 Å². The van der Waals surface area contributed by atoms with Gasteiger partial charge in [-0.15, -0.1) is 0 Å². The number of allylic oxidation sites excluding steroid dienone is 1. The van der Waals surface area contributed by atoms with E-state index >= 15 is 0 Å². The van der Waals surface area contributed by atoms with Crippen molar-refractivity contribution in [3.63, 3.8) is 0 Å². The number of fused-ring (bicyclic) bond motifs is 2. The van der Waals surface area contributed by atoms with Crippen LogP contribution in [0, 0.1) is 181 Å². The molecule has 0 aromatic carbocycles. The van der Waals surface area contributed by atoms with Crippen molar-refractivity contribution in [1.29, 1.82) is 0 Å². The van der Waals surface area contributed by atoms with Gasteiger partial charge in [0.1, 0.15) is 0 Å². The number of aliphatic hydroxyl groups is 8. The molecule has 8 fully saturated rings. The predicted molar refractivity (Wildman–Crippen MR) is 534 cm³/mol. The van der Waals surface area contributed by atoms with E-state index in [1.54, 1.807) is 38.5 Å². The van der Waals surface area contributed by atoms with Gasteiger partial charge in [0.05, 0.1) is 33.8 Å². The third kappa shape index (κ3) is 46.5. The summed E-state index contributed by atoms with van der Waals surface area (Å²) in [6.07, 6.45) is 8.05. The van der Waals surface area contributed by atoms with E-state index in [9.17, 15) is 75.3 Å². The monoisotopic (exact) mass is 1860 g/mol. The molecule has 0 aromatic rings. The second-order valence-corrected chi connectivity index (χ2v) is 53.1. The number of halogens is 9. The molecule has 14 atom stereocenters. The van der Waals surface area contributed by atoms with Crippen LogP contribution in [-0.2, 0) is 0 Å². The van der Waals surface area contributed by atoms with Crippen molar-refractivity contribution in [1.82, 2.24) is 0 Å². The van der Waals surface area contributed by atoms with E-state index in [-0.39, 0.29) is 17.1 Å². The van der Waals surface area contributed by atoms with Crippen LogP contribution in [0.3, 0.4) is 0 Å². The summed E-state index contributed by atoms with van der Waals surface area (Å²) in [5, 5.41) is 76.3. The molecule has 0 spiro atoms. The van der Waals surface area contributed by atoms with Crippen molar-refractivity contribution in [2.24, 2.45) is 181 Å². The second kappa shape index (κ2) is 53.3. The molecule has 8 saturated carbocycles. The van der Waals surface area contributed by atoms with Crippen LogP contribution < -0.4 is 0 Å². The van der Waals surface area contributed by atoms with Crippen LogP contribution >= 0.6 is 0 Å². The van der Waals surface area contributed by atoms with E-state index in [1.165, 1.54) is 78.1 Å². The van der Waals surface area contributed by atoms with E-state index in [4.69, 9.17) is 5.11 Å². The fourth-order valence-corrected chi connectivity index (χ4v) is 23.8. The van der Waals surface area contributed by atoms with Crippen LogP contribution in [0.2, 0.25) is 0 Å². The minimum absolute atomic E-state index is 0.213. The quantitative estimate of drug-likeness (QED) is 0.0298. The molecule has 0 heterocycles. The molecule has 8 nitrogen and oxygen atoms in total. The van der Waals surface area contributed by atoms with Crippen LogP contribution in [0.15, 0.2) is 12.3 Å². The molecule has 0 radical (unpaired) electrons. The molecule has 17 heteroatoms. The summed E-state index contributed by atoms with van der Waals surface area (Å²) in [6.45, 7) is 98.7. The van der Waals surface area contributed by atoms with Crippen LogP contribution in [0.5, 0.6) is 0 Å². The fraction of sp³-hybridized carbons (Fsp3) is 0.982. The molecule has 0 saturated heterocycles. The minimum Gasteiger partial charge on any atom is -0.513 e. The Balaban J connectivity index is -0.00000140. The summed E-state index contributed by atoms with van der Waals surface area (Å²) in [7, 11) is 0. The first kappa shape index (κ1) is 132. The molecule has 0 aliphatic heterocycles. The highest BCUT2D eigenvalue weighted by Gasteiger charge is 2.75. The molecular weight excluding hydrogens is 1640 g/mol. The SMILES string of the molecule is C=C(O)C(C)C.CC(C)C(C)CC(C)(C)O.CC(C)C(CC(C)(C)O)C(C)(C)C.CC(C)C(CC(C)(C)O)C(C)C.CC(C)C(CC(C)(C)O)C1CCCCC1.CC(C)C12CC3CC(CC(C)(C3)C1)C2.CC(C)C1CC(C(C)(O)C(F)(F)F)CC(C(O)(C(F)(F)F)C(F)(F)F)C1.CC(C)C1CC2CCC1(C)C2(C)C.CC(C)CC(C)C(C)C.CCC(CC(C)(C)O)C(C)C. The maximum Gasteiger partial charge on any atom is 0.426 e. The fourth-order valence-electron chi connectivity index (χ4n) is 23.8. The summed E-state index contributed by atoms with van der Waals surface area (Å²) in [4.78, 5) is 0. The van der Waals surface area contributed by atoms with E-state index in [1.807, 2.05) is 83.1 Å². The Morgan fingerprint density at radius 3 is 1.03 bits per heavy atom. The van der Waals surface area contributed by atoms with Gasteiger partial charge in [-0.25, -0.2) is 0 Å². The highest BCUT2D eigenvalue weighted by Crippen LogP contribution is 2.70. The Bertz CT molecular complexity index is 2940. The van der Waals surface area contributed by atoms with E-state index in [0.717, 1.165) is 102 Å². The van der Waals surface area contributed by atoms with Gasteiger partial charge in [-0.3, -0.25) is 0 Å². The van der Waals surface area contributed by atoms with E-state index < -0.39 is 101 Å². The lowest BCUT2D eigenvalue weighted by atomic mass is 9.42. The lowest BCUT2D eigenvalue weighted by molar-refractivity contribution is -0.391. The topological polar surface area (TPSA) is 162 Å². The Labute approximate surface area is 792 Å². The first-order chi connectivity index (χ1) is 57.2. The minimum atomic E-state index is -6.12. The molecular formula is C112H219F9O8. The number of alkyl halides is 9. The molecule has 8 rings (SSSR count). The third-order valence-electron chi connectivity index (χ3n) is 32.6. The molecule has 8 aliphatic rings. The maximum absolute atomic E-state index is 13.1. The van der Waals surface area contributed by atoms with Gasteiger partial charge in [-0.2, -0.15) is 39.5 Å². The van der Waals surface area contributed by atoms with Gasteiger partial charge in [0.2, 0.25) is 0 Å². The van der Waals surface area contributed by atoms with Crippen molar-refractivity contribution in [2.45, 2.75) is 523 Å². The largest absolute Gasteiger partial charge is 0.513 e. The van der Waals surface area contributed by atoms with E-state index in [0.29, 0.717) is 82.9 Å². The van der Waals surface area contributed by atoms with Gasteiger partial charge >= 0.3 is 18.5 Å². The van der Waals surface area contributed by atoms with Crippen molar-refractivity contribution >= 4 is 0 Å². The zero-order valence-electron chi connectivity index (χ0n) is 92.7. The van der Waals surface area contributed by atoms with Gasteiger partial charge < -0.3 is 40.9 Å². The predicted octanol–water partition coefficient (Wildman–Crippen LogP) is 34.0. The summed E-state index contributed by atoms with van der Waals surface area (Å²) in [6, 6.07) is 0. The Morgan fingerprint density at radius 1 is 0.411 bits per heavy atom. The number of hydrogen-bond acceptors (Lipinski definition) is 8. The molecule has 8 aliphatic carbocycles. The smallest absolute Gasteiger partial charge is 0.426 e. The zero-order chi connectivity index (χ0) is 103.